The maximum absolute atomic E-state index is 13.8. The van der Waals surface area contributed by atoms with Crippen molar-refractivity contribution >= 4 is 0 Å². The molecule has 0 aliphatic carbocycles. The molecule has 4 heteroatoms. The van der Waals surface area contributed by atoms with E-state index in [1.54, 1.807) is 12.1 Å². The Morgan fingerprint density at radius 3 is 2.94 bits per heavy atom. The first-order valence-corrected chi connectivity index (χ1v) is 6.40. The minimum Gasteiger partial charge on any atom is -0.494 e. The molecule has 0 radical (unpaired) electrons. The largest absolute Gasteiger partial charge is 0.494 e. The van der Waals surface area contributed by atoms with Crippen LogP contribution >= 0.6 is 0 Å². The summed E-state index contributed by atoms with van der Waals surface area (Å²) in [5, 5.41) is 3.42. The zero-order chi connectivity index (χ0) is 13.0. The highest BCUT2D eigenvalue weighted by atomic mass is 19.1. The van der Waals surface area contributed by atoms with Gasteiger partial charge in [0.1, 0.15) is 0 Å². The maximum atomic E-state index is 13.8. The van der Waals surface area contributed by atoms with Gasteiger partial charge in [0.25, 0.3) is 0 Å². The minimum absolute atomic E-state index is 0.151. The Kier molecular flexibility index (Phi) is 4.55. The van der Waals surface area contributed by atoms with Crippen LogP contribution in [-0.2, 0) is 4.74 Å². The van der Waals surface area contributed by atoms with E-state index in [1.807, 2.05) is 6.07 Å². The Morgan fingerprint density at radius 2 is 2.39 bits per heavy atom. The first-order valence-electron chi connectivity index (χ1n) is 6.40. The highest BCUT2D eigenvalue weighted by Crippen LogP contribution is 2.30. The van der Waals surface area contributed by atoms with Crippen LogP contribution in [0.15, 0.2) is 18.2 Å². The van der Waals surface area contributed by atoms with Gasteiger partial charge >= 0.3 is 0 Å². The second kappa shape index (κ2) is 6.16. The minimum atomic E-state index is -0.309. The van der Waals surface area contributed by atoms with Gasteiger partial charge in [0.05, 0.1) is 13.7 Å². The highest BCUT2D eigenvalue weighted by molar-refractivity contribution is 5.31. The molecule has 1 saturated heterocycles. The zero-order valence-electron chi connectivity index (χ0n) is 10.9. The van der Waals surface area contributed by atoms with Crippen molar-refractivity contribution in [3.05, 3.63) is 29.6 Å². The maximum Gasteiger partial charge on any atom is 0.165 e. The average molecular weight is 253 g/mol. The summed E-state index contributed by atoms with van der Waals surface area (Å²) in [5.41, 5.74) is 0.964. The first kappa shape index (κ1) is 13.3. The quantitative estimate of drug-likeness (QED) is 0.874. The Bertz CT molecular complexity index is 391. The molecular weight excluding hydrogens is 233 g/mol. The third-order valence-corrected chi connectivity index (χ3v) is 3.40. The van der Waals surface area contributed by atoms with Gasteiger partial charge < -0.3 is 14.8 Å². The summed E-state index contributed by atoms with van der Waals surface area (Å²) >= 11 is 0. The summed E-state index contributed by atoms with van der Waals surface area (Å²) in [7, 11) is 1.48. The van der Waals surface area contributed by atoms with Crippen molar-refractivity contribution in [2.24, 2.45) is 5.92 Å². The van der Waals surface area contributed by atoms with Gasteiger partial charge in [-0.3, -0.25) is 0 Å². The monoisotopic (exact) mass is 253 g/mol. The standard InChI is InChI=1S/C14H20FNO2/c1-3-16-14(11-6-7-18-9-11)10-4-5-13(17-2)12(15)8-10/h4-5,8,11,14,16H,3,6-7,9H2,1-2H3. The number of halogens is 1. The predicted octanol–water partition coefficient (Wildman–Crippen LogP) is 2.52. The number of ether oxygens (including phenoxy) is 2. The molecule has 0 aromatic heterocycles. The van der Waals surface area contributed by atoms with Gasteiger partial charge in [-0.05, 0) is 30.7 Å². The van der Waals surface area contributed by atoms with E-state index in [0.717, 1.165) is 31.7 Å². The van der Waals surface area contributed by atoms with Crippen molar-refractivity contribution in [3.8, 4) is 5.75 Å². The highest BCUT2D eigenvalue weighted by Gasteiger charge is 2.26. The summed E-state index contributed by atoms with van der Waals surface area (Å²) in [5.74, 6) is 0.395. The van der Waals surface area contributed by atoms with Crippen molar-refractivity contribution in [3.63, 3.8) is 0 Å². The van der Waals surface area contributed by atoms with Crippen molar-refractivity contribution in [1.82, 2.24) is 5.32 Å². The molecule has 0 amide bonds. The van der Waals surface area contributed by atoms with E-state index in [-0.39, 0.29) is 17.6 Å². The number of benzene rings is 1. The van der Waals surface area contributed by atoms with Crippen molar-refractivity contribution in [2.75, 3.05) is 26.9 Å². The van der Waals surface area contributed by atoms with Gasteiger partial charge in [-0.15, -0.1) is 0 Å². The second-order valence-electron chi connectivity index (χ2n) is 4.55. The van der Waals surface area contributed by atoms with Crippen LogP contribution in [0.2, 0.25) is 0 Å². The third kappa shape index (κ3) is 2.82. The van der Waals surface area contributed by atoms with E-state index in [9.17, 15) is 4.39 Å². The summed E-state index contributed by atoms with van der Waals surface area (Å²) in [6.45, 7) is 4.45. The lowest BCUT2D eigenvalue weighted by Gasteiger charge is -2.24. The smallest absolute Gasteiger partial charge is 0.165 e. The molecule has 1 aromatic carbocycles. The molecule has 18 heavy (non-hydrogen) atoms. The molecule has 1 aromatic rings. The van der Waals surface area contributed by atoms with E-state index >= 15 is 0 Å². The van der Waals surface area contributed by atoms with Crippen molar-refractivity contribution in [2.45, 2.75) is 19.4 Å². The molecule has 1 aliphatic rings. The van der Waals surface area contributed by atoms with Crippen LogP contribution in [0, 0.1) is 11.7 Å². The Balaban J connectivity index is 2.21. The normalized spacial score (nSPS) is 20.9. The van der Waals surface area contributed by atoms with E-state index in [1.165, 1.54) is 7.11 Å². The molecule has 1 aliphatic heterocycles. The summed E-state index contributed by atoms with van der Waals surface area (Å²) in [6.07, 6.45) is 1.02. The molecule has 0 saturated carbocycles. The van der Waals surface area contributed by atoms with Gasteiger partial charge in [0.2, 0.25) is 0 Å². The number of nitrogens with one attached hydrogen (secondary N) is 1. The Hall–Kier alpha value is -1.13. The van der Waals surface area contributed by atoms with Crippen LogP contribution in [0.4, 0.5) is 4.39 Å². The van der Waals surface area contributed by atoms with Gasteiger partial charge in [-0.1, -0.05) is 13.0 Å². The van der Waals surface area contributed by atoms with E-state index in [2.05, 4.69) is 12.2 Å². The van der Waals surface area contributed by atoms with Gasteiger partial charge in [0, 0.05) is 18.6 Å². The van der Waals surface area contributed by atoms with Crippen LogP contribution in [0.3, 0.4) is 0 Å². The topological polar surface area (TPSA) is 30.5 Å². The van der Waals surface area contributed by atoms with Gasteiger partial charge in [0.15, 0.2) is 11.6 Å². The predicted molar refractivity (Wildman–Crippen MR) is 68.3 cm³/mol. The van der Waals surface area contributed by atoms with Crippen molar-refractivity contribution < 1.29 is 13.9 Å². The number of methoxy groups -OCH3 is 1. The fraction of sp³-hybridized carbons (Fsp3) is 0.571. The third-order valence-electron chi connectivity index (χ3n) is 3.40. The SMILES string of the molecule is CCNC(c1ccc(OC)c(F)c1)C1CCOC1. The van der Waals surface area contributed by atoms with Gasteiger partial charge in [-0.25, -0.2) is 4.39 Å². The molecule has 0 spiro atoms. The van der Waals surface area contributed by atoms with E-state index in [4.69, 9.17) is 9.47 Å². The molecule has 1 fully saturated rings. The summed E-state index contributed by atoms with van der Waals surface area (Å²) in [4.78, 5) is 0. The lowest BCUT2D eigenvalue weighted by Crippen LogP contribution is -2.28. The lowest BCUT2D eigenvalue weighted by molar-refractivity contribution is 0.177. The molecule has 1 N–H and O–H groups in total. The molecule has 0 bridgehead atoms. The number of rotatable bonds is 5. The number of hydrogen-bond donors (Lipinski definition) is 1. The van der Waals surface area contributed by atoms with Crippen LogP contribution in [0.25, 0.3) is 0 Å². The fourth-order valence-electron chi connectivity index (χ4n) is 2.47. The zero-order valence-corrected chi connectivity index (χ0v) is 10.9. The fourth-order valence-corrected chi connectivity index (χ4v) is 2.47. The molecule has 3 nitrogen and oxygen atoms in total. The first-order chi connectivity index (χ1) is 8.76. The van der Waals surface area contributed by atoms with Crippen LogP contribution in [-0.4, -0.2) is 26.9 Å². The molecule has 2 atom stereocenters. The Labute approximate surface area is 107 Å². The molecule has 100 valence electrons. The van der Waals surface area contributed by atoms with Crippen LogP contribution < -0.4 is 10.1 Å². The van der Waals surface area contributed by atoms with Crippen LogP contribution in [0.5, 0.6) is 5.75 Å². The van der Waals surface area contributed by atoms with E-state index in [0.29, 0.717) is 5.92 Å². The van der Waals surface area contributed by atoms with Crippen molar-refractivity contribution in [1.29, 1.82) is 0 Å². The average Bonchev–Trinajstić information content (AvgIpc) is 2.89. The lowest BCUT2D eigenvalue weighted by atomic mass is 9.92. The Morgan fingerprint density at radius 1 is 1.56 bits per heavy atom. The summed E-state index contributed by atoms with van der Waals surface area (Å²) in [6, 6.07) is 5.32. The molecular formula is C14H20FNO2. The molecule has 1 heterocycles. The molecule has 2 unspecified atom stereocenters. The second-order valence-corrected chi connectivity index (χ2v) is 4.55. The summed E-state index contributed by atoms with van der Waals surface area (Å²) < 4.78 is 24.1. The van der Waals surface area contributed by atoms with Crippen LogP contribution in [0.1, 0.15) is 24.9 Å². The number of hydrogen-bond acceptors (Lipinski definition) is 3. The van der Waals surface area contributed by atoms with E-state index < -0.39 is 0 Å². The van der Waals surface area contributed by atoms with Gasteiger partial charge in [-0.2, -0.15) is 0 Å². The molecule has 2 rings (SSSR count).